The fourth-order valence-corrected chi connectivity index (χ4v) is 2.07. The summed E-state index contributed by atoms with van der Waals surface area (Å²) in [4.78, 5) is 22.7. The highest BCUT2D eigenvalue weighted by molar-refractivity contribution is 5.79. The molecule has 98 valence electrons. The van der Waals surface area contributed by atoms with E-state index in [9.17, 15) is 9.59 Å². The van der Waals surface area contributed by atoms with E-state index >= 15 is 0 Å². The third kappa shape index (κ3) is 5.20. The van der Waals surface area contributed by atoms with Crippen LogP contribution in [-0.4, -0.2) is 23.5 Å². The van der Waals surface area contributed by atoms with Crippen LogP contribution in [0.15, 0.2) is 0 Å². The molecule has 1 amide bonds. The van der Waals surface area contributed by atoms with E-state index in [-0.39, 0.29) is 12.1 Å². The van der Waals surface area contributed by atoms with E-state index in [1.165, 1.54) is 0 Å². The van der Waals surface area contributed by atoms with Gasteiger partial charge in [0, 0.05) is 18.9 Å². The van der Waals surface area contributed by atoms with Crippen LogP contribution >= 0.6 is 0 Å². The second-order valence-corrected chi connectivity index (χ2v) is 5.81. The summed E-state index contributed by atoms with van der Waals surface area (Å²) in [6, 6.07) is 0.0675. The number of carbonyl (C=O) groups is 2. The molecule has 0 radical (unpaired) electrons. The number of ketones is 1. The van der Waals surface area contributed by atoms with Gasteiger partial charge in [0.1, 0.15) is 11.4 Å². The number of alkyl carbamates (subject to hydrolysis) is 1. The lowest BCUT2D eigenvalue weighted by molar-refractivity contribution is -0.121. The first-order chi connectivity index (χ1) is 7.78. The summed E-state index contributed by atoms with van der Waals surface area (Å²) in [5.74, 6) is 0.728. The average Bonchev–Trinajstić information content (AvgIpc) is 2.15. The van der Waals surface area contributed by atoms with Crippen molar-refractivity contribution in [3.63, 3.8) is 0 Å². The van der Waals surface area contributed by atoms with Gasteiger partial charge in [-0.2, -0.15) is 0 Å². The summed E-state index contributed by atoms with van der Waals surface area (Å²) < 4.78 is 5.20. The van der Waals surface area contributed by atoms with Crippen LogP contribution in [0.1, 0.15) is 53.4 Å². The second kappa shape index (κ2) is 5.52. The van der Waals surface area contributed by atoms with Crippen LogP contribution < -0.4 is 5.32 Å². The van der Waals surface area contributed by atoms with Gasteiger partial charge in [0.2, 0.25) is 0 Å². The zero-order chi connectivity index (χ0) is 13.1. The van der Waals surface area contributed by atoms with Crippen LogP contribution in [0.4, 0.5) is 4.79 Å². The predicted molar refractivity (Wildman–Crippen MR) is 65.8 cm³/mol. The van der Waals surface area contributed by atoms with Gasteiger partial charge in [0.15, 0.2) is 0 Å². The summed E-state index contributed by atoms with van der Waals surface area (Å²) in [6.45, 7) is 7.51. The molecule has 0 aromatic heterocycles. The van der Waals surface area contributed by atoms with E-state index in [0.717, 1.165) is 12.8 Å². The number of rotatable bonds is 2. The number of ether oxygens (including phenoxy) is 1. The molecule has 0 saturated heterocycles. The molecular weight excluding hydrogens is 218 g/mol. The van der Waals surface area contributed by atoms with Crippen molar-refractivity contribution in [2.45, 2.75) is 65.0 Å². The first kappa shape index (κ1) is 14.0. The Hall–Kier alpha value is -1.06. The lowest BCUT2D eigenvalue weighted by Crippen LogP contribution is -2.42. The molecule has 17 heavy (non-hydrogen) atoms. The van der Waals surface area contributed by atoms with Crippen molar-refractivity contribution in [2.75, 3.05) is 0 Å². The highest BCUT2D eigenvalue weighted by Gasteiger charge is 2.26. The third-order valence-electron chi connectivity index (χ3n) is 3.04. The predicted octanol–water partition coefficient (Wildman–Crippen LogP) is 2.66. The molecule has 4 heteroatoms. The minimum Gasteiger partial charge on any atom is -0.444 e. The molecule has 0 aromatic rings. The summed E-state index contributed by atoms with van der Waals surface area (Å²) in [6.07, 6.45) is 2.66. The Balaban J connectivity index is 2.36. The van der Waals surface area contributed by atoms with Crippen molar-refractivity contribution in [3.8, 4) is 0 Å². The summed E-state index contributed by atoms with van der Waals surface area (Å²) in [7, 11) is 0. The maximum Gasteiger partial charge on any atom is 0.407 e. The fourth-order valence-electron chi connectivity index (χ4n) is 2.07. The van der Waals surface area contributed by atoms with Crippen LogP contribution in [0.3, 0.4) is 0 Å². The highest BCUT2D eigenvalue weighted by atomic mass is 16.6. The van der Waals surface area contributed by atoms with Crippen LogP contribution in [0.2, 0.25) is 0 Å². The molecule has 1 rings (SSSR count). The number of Topliss-reactive ketones (excluding diaryl/α,β-unsaturated/α-hetero) is 1. The minimum atomic E-state index is -0.466. The van der Waals surface area contributed by atoms with Gasteiger partial charge in [-0.3, -0.25) is 4.79 Å². The number of nitrogens with one attached hydrogen (secondary N) is 1. The van der Waals surface area contributed by atoms with Crippen molar-refractivity contribution in [1.82, 2.24) is 5.32 Å². The van der Waals surface area contributed by atoms with Crippen molar-refractivity contribution < 1.29 is 14.3 Å². The van der Waals surface area contributed by atoms with Crippen LogP contribution in [-0.2, 0) is 9.53 Å². The Bertz CT molecular complexity index is 284. The lowest BCUT2D eigenvalue weighted by Gasteiger charge is -2.29. The first-order valence-corrected chi connectivity index (χ1v) is 6.29. The monoisotopic (exact) mass is 241 g/mol. The number of carbonyl (C=O) groups excluding carboxylic acids is 2. The molecule has 1 atom stereocenters. The van der Waals surface area contributed by atoms with E-state index in [4.69, 9.17) is 4.74 Å². The number of hydrogen-bond acceptors (Lipinski definition) is 3. The normalized spacial score (nSPS) is 19.9. The largest absolute Gasteiger partial charge is 0.444 e. The maximum absolute atomic E-state index is 11.6. The first-order valence-electron chi connectivity index (χ1n) is 6.29. The fraction of sp³-hybridized carbons (Fsp3) is 0.846. The van der Waals surface area contributed by atoms with Crippen LogP contribution in [0, 0.1) is 5.92 Å². The van der Waals surface area contributed by atoms with E-state index in [2.05, 4.69) is 5.32 Å². The van der Waals surface area contributed by atoms with Crippen molar-refractivity contribution >= 4 is 11.9 Å². The van der Waals surface area contributed by atoms with Crippen molar-refractivity contribution in [2.24, 2.45) is 5.92 Å². The zero-order valence-electron chi connectivity index (χ0n) is 11.2. The second-order valence-electron chi connectivity index (χ2n) is 5.81. The van der Waals surface area contributed by atoms with Crippen LogP contribution in [0.25, 0.3) is 0 Å². The van der Waals surface area contributed by atoms with Gasteiger partial charge in [-0.25, -0.2) is 4.79 Å². The van der Waals surface area contributed by atoms with Gasteiger partial charge in [0.05, 0.1) is 0 Å². The summed E-state index contributed by atoms with van der Waals surface area (Å²) in [5.41, 5.74) is -0.466. The molecule has 0 heterocycles. The van der Waals surface area contributed by atoms with Crippen molar-refractivity contribution in [3.05, 3.63) is 0 Å². The lowest BCUT2D eigenvalue weighted by atomic mass is 9.84. The van der Waals surface area contributed by atoms with Gasteiger partial charge >= 0.3 is 6.09 Å². The Morgan fingerprint density at radius 1 is 1.35 bits per heavy atom. The topological polar surface area (TPSA) is 55.4 Å². The minimum absolute atomic E-state index is 0.0675. The van der Waals surface area contributed by atoms with E-state index < -0.39 is 5.60 Å². The molecule has 4 nitrogen and oxygen atoms in total. The smallest absolute Gasteiger partial charge is 0.407 e. The van der Waals surface area contributed by atoms with Gasteiger partial charge in [-0.05, 0) is 46.5 Å². The maximum atomic E-state index is 11.6. The van der Waals surface area contributed by atoms with E-state index in [0.29, 0.717) is 24.5 Å². The standard InChI is InChI=1S/C13H23NO3/c1-9(10-5-7-11(15)8-6-10)14-12(16)17-13(2,3)4/h9-10H,5-8H2,1-4H3,(H,14,16). The molecule has 0 aromatic carbocycles. The molecule has 1 saturated carbocycles. The molecule has 1 N–H and O–H groups in total. The number of hydrogen-bond donors (Lipinski definition) is 1. The quantitative estimate of drug-likeness (QED) is 0.808. The molecule has 1 aliphatic carbocycles. The molecule has 1 fully saturated rings. The molecule has 0 aliphatic heterocycles. The third-order valence-corrected chi connectivity index (χ3v) is 3.04. The van der Waals surface area contributed by atoms with Gasteiger partial charge in [-0.1, -0.05) is 0 Å². The van der Waals surface area contributed by atoms with Crippen LogP contribution in [0.5, 0.6) is 0 Å². The molecule has 0 bridgehead atoms. The average molecular weight is 241 g/mol. The molecule has 0 spiro atoms. The SMILES string of the molecule is CC(NC(=O)OC(C)(C)C)C1CCC(=O)CC1. The Morgan fingerprint density at radius 3 is 2.35 bits per heavy atom. The zero-order valence-corrected chi connectivity index (χ0v) is 11.2. The Morgan fingerprint density at radius 2 is 1.88 bits per heavy atom. The van der Waals surface area contributed by atoms with E-state index in [1.54, 1.807) is 0 Å². The van der Waals surface area contributed by atoms with Gasteiger partial charge in [-0.15, -0.1) is 0 Å². The summed E-state index contributed by atoms with van der Waals surface area (Å²) in [5, 5.41) is 2.85. The Labute approximate surface area is 103 Å². The molecule has 1 aliphatic rings. The highest BCUT2D eigenvalue weighted by Crippen LogP contribution is 2.24. The van der Waals surface area contributed by atoms with E-state index in [1.807, 2.05) is 27.7 Å². The van der Waals surface area contributed by atoms with Crippen molar-refractivity contribution in [1.29, 1.82) is 0 Å². The summed E-state index contributed by atoms with van der Waals surface area (Å²) >= 11 is 0. The number of amides is 1. The Kier molecular flexibility index (Phi) is 4.54. The molecular formula is C13H23NO3. The van der Waals surface area contributed by atoms with Gasteiger partial charge in [0.25, 0.3) is 0 Å². The molecule has 1 unspecified atom stereocenters. The van der Waals surface area contributed by atoms with Gasteiger partial charge < -0.3 is 10.1 Å².